The molecule has 2 N–H and O–H groups in total. The average Bonchev–Trinajstić information content (AvgIpc) is 3.36. The molecule has 0 aliphatic carbocycles. The highest BCUT2D eigenvalue weighted by atomic mass is 16.6. The number of hydrogen-bond donors (Lipinski definition) is 2. The van der Waals surface area contributed by atoms with Gasteiger partial charge in [-0.2, -0.15) is 0 Å². The Hall–Kier alpha value is -5.04. The molecule has 0 atom stereocenters. The van der Waals surface area contributed by atoms with Crippen molar-refractivity contribution in [3.05, 3.63) is 125 Å². The normalized spacial score (nSPS) is 10.6. The first-order chi connectivity index (χ1) is 17.1. The smallest absolute Gasteiger partial charge is 0.269 e. The maximum atomic E-state index is 12.5. The van der Waals surface area contributed by atoms with Gasteiger partial charge in [0.15, 0.2) is 0 Å². The zero-order chi connectivity index (χ0) is 24.2. The number of carbonyl (C=O) groups excluding carboxylic acids is 1. The lowest BCUT2D eigenvalue weighted by Crippen LogP contribution is -2.11. The predicted molar refractivity (Wildman–Crippen MR) is 136 cm³/mol. The van der Waals surface area contributed by atoms with E-state index >= 15 is 0 Å². The summed E-state index contributed by atoms with van der Waals surface area (Å²) in [5.74, 6) is 0.374. The van der Waals surface area contributed by atoms with Crippen LogP contribution in [-0.4, -0.2) is 20.8 Å². The lowest BCUT2D eigenvalue weighted by Gasteiger charge is -2.06. The van der Waals surface area contributed by atoms with Gasteiger partial charge in [-0.05, 0) is 36.4 Å². The summed E-state index contributed by atoms with van der Waals surface area (Å²) in [6, 6.07) is 32.9. The molecule has 5 aromatic rings. The number of nitrogens with zero attached hydrogens (tertiary/aromatic N) is 2. The first kappa shape index (κ1) is 21.8. The van der Waals surface area contributed by atoms with E-state index in [2.05, 4.69) is 10.3 Å². The van der Waals surface area contributed by atoms with Gasteiger partial charge in [0.25, 0.3) is 11.6 Å². The minimum atomic E-state index is -0.499. The van der Waals surface area contributed by atoms with Gasteiger partial charge in [0, 0.05) is 40.1 Å². The van der Waals surface area contributed by atoms with Crippen molar-refractivity contribution in [3.63, 3.8) is 0 Å². The van der Waals surface area contributed by atoms with E-state index in [1.165, 1.54) is 24.3 Å². The number of aromatic nitrogens is 2. The van der Waals surface area contributed by atoms with Crippen LogP contribution >= 0.6 is 0 Å². The molecule has 1 aromatic heterocycles. The Kier molecular flexibility index (Phi) is 5.88. The van der Waals surface area contributed by atoms with E-state index in [4.69, 9.17) is 4.98 Å². The molecule has 7 nitrogen and oxygen atoms in total. The monoisotopic (exact) mass is 460 g/mol. The standard InChI is InChI=1S/C28H20N4O3/c33-28(22-13-17-24(18-14-22)32(34)35)29-23-15-11-21(12-16-23)27-30-25(19-7-3-1-4-8-19)26(31-27)20-9-5-2-6-10-20/h1-18H,(H,29,33)(H,30,31). The van der Waals surface area contributed by atoms with Crippen LogP contribution in [0.25, 0.3) is 33.9 Å². The summed E-state index contributed by atoms with van der Waals surface area (Å²) in [5.41, 5.74) is 5.61. The van der Waals surface area contributed by atoms with Crippen molar-refractivity contribution in [1.29, 1.82) is 0 Å². The van der Waals surface area contributed by atoms with Crippen LogP contribution in [0.1, 0.15) is 10.4 Å². The Morgan fingerprint density at radius 2 is 1.34 bits per heavy atom. The highest BCUT2D eigenvalue weighted by molar-refractivity contribution is 6.04. The second kappa shape index (κ2) is 9.44. The Labute approximate surface area is 201 Å². The fourth-order valence-electron chi connectivity index (χ4n) is 3.78. The van der Waals surface area contributed by atoms with Crippen LogP contribution in [0.2, 0.25) is 0 Å². The number of carbonyl (C=O) groups is 1. The van der Waals surface area contributed by atoms with Crippen molar-refractivity contribution in [1.82, 2.24) is 9.97 Å². The third-order valence-electron chi connectivity index (χ3n) is 5.57. The van der Waals surface area contributed by atoms with Crippen LogP contribution in [0.15, 0.2) is 109 Å². The molecule has 0 bridgehead atoms. The number of hydrogen-bond acceptors (Lipinski definition) is 4. The van der Waals surface area contributed by atoms with Gasteiger partial charge in [-0.3, -0.25) is 14.9 Å². The van der Waals surface area contributed by atoms with E-state index in [-0.39, 0.29) is 11.6 Å². The first-order valence-electron chi connectivity index (χ1n) is 11.0. The van der Waals surface area contributed by atoms with Crippen molar-refractivity contribution < 1.29 is 9.72 Å². The largest absolute Gasteiger partial charge is 0.337 e. The van der Waals surface area contributed by atoms with Crippen LogP contribution in [0.3, 0.4) is 0 Å². The molecular weight excluding hydrogens is 440 g/mol. The molecule has 0 aliphatic heterocycles. The molecule has 0 saturated heterocycles. The number of imidazole rings is 1. The number of nitrogens with one attached hydrogen (secondary N) is 2. The summed E-state index contributed by atoms with van der Waals surface area (Å²) in [5, 5.41) is 13.6. The quantitative estimate of drug-likeness (QED) is 0.221. The molecule has 5 rings (SSSR count). The highest BCUT2D eigenvalue weighted by Crippen LogP contribution is 2.33. The van der Waals surface area contributed by atoms with E-state index in [1.807, 2.05) is 72.8 Å². The molecular formula is C28H20N4O3. The maximum absolute atomic E-state index is 12.5. The number of nitro groups is 1. The number of H-pyrrole nitrogens is 1. The van der Waals surface area contributed by atoms with Gasteiger partial charge in [0.2, 0.25) is 0 Å². The molecule has 0 radical (unpaired) electrons. The van der Waals surface area contributed by atoms with Gasteiger partial charge >= 0.3 is 0 Å². The van der Waals surface area contributed by atoms with Gasteiger partial charge in [-0.25, -0.2) is 4.98 Å². The molecule has 1 amide bonds. The molecule has 0 unspecified atom stereocenters. The molecule has 0 fully saturated rings. The third-order valence-corrected chi connectivity index (χ3v) is 5.57. The second-order valence-electron chi connectivity index (χ2n) is 7.88. The maximum Gasteiger partial charge on any atom is 0.269 e. The molecule has 0 spiro atoms. The lowest BCUT2D eigenvalue weighted by molar-refractivity contribution is -0.384. The van der Waals surface area contributed by atoms with Crippen molar-refractivity contribution in [2.24, 2.45) is 0 Å². The molecule has 0 saturated carbocycles. The molecule has 1 heterocycles. The Morgan fingerprint density at radius 1 is 0.743 bits per heavy atom. The summed E-state index contributed by atoms with van der Waals surface area (Å²) < 4.78 is 0. The van der Waals surface area contributed by atoms with E-state index in [0.29, 0.717) is 11.3 Å². The van der Waals surface area contributed by atoms with E-state index in [9.17, 15) is 14.9 Å². The number of non-ortho nitro benzene ring substituents is 1. The van der Waals surface area contributed by atoms with Gasteiger partial charge in [-0.1, -0.05) is 60.7 Å². The van der Waals surface area contributed by atoms with E-state index in [0.717, 1.165) is 33.9 Å². The SMILES string of the molecule is O=C(Nc1ccc(-c2nc(-c3ccccc3)c(-c3ccccc3)[nH]2)cc1)c1ccc([N+](=O)[O-])cc1. The number of rotatable bonds is 6. The van der Waals surface area contributed by atoms with Crippen molar-refractivity contribution in [2.75, 3.05) is 5.32 Å². The summed E-state index contributed by atoms with van der Waals surface area (Å²) in [6.45, 7) is 0. The topological polar surface area (TPSA) is 101 Å². The van der Waals surface area contributed by atoms with Crippen LogP contribution in [-0.2, 0) is 0 Å². The number of benzene rings is 4. The minimum absolute atomic E-state index is 0.0610. The summed E-state index contributed by atoms with van der Waals surface area (Å²) in [7, 11) is 0. The summed E-state index contributed by atoms with van der Waals surface area (Å²) >= 11 is 0. The lowest BCUT2D eigenvalue weighted by atomic mass is 10.1. The fourth-order valence-corrected chi connectivity index (χ4v) is 3.78. The number of nitro benzene ring substituents is 1. The van der Waals surface area contributed by atoms with E-state index < -0.39 is 4.92 Å². The van der Waals surface area contributed by atoms with Crippen LogP contribution in [0, 0.1) is 10.1 Å². The van der Waals surface area contributed by atoms with Crippen molar-refractivity contribution in [2.45, 2.75) is 0 Å². The molecule has 35 heavy (non-hydrogen) atoms. The van der Waals surface area contributed by atoms with Gasteiger partial charge in [0.1, 0.15) is 5.82 Å². The van der Waals surface area contributed by atoms with Gasteiger partial charge in [-0.15, -0.1) is 0 Å². The first-order valence-corrected chi connectivity index (χ1v) is 11.0. The third kappa shape index (κ3) is 4.69. The zero-order valence-corrected chi connectivity index (χ0v) is 18.5. The molecule has 7 heteroatoms. The van der Waals surface area contributed by atoms with Crippen molar-refractivity contribution in [3.8, 4) is 33.9 Å². The van der Waals surface area contributed by atoms with Crippen molar-refractivity contribution >= 4 is 17.3 Å². The van der Waals surface area contributed by atoms with E-state index in [1.54, 1.807) is 12.1 Å². The predicted octanol–water partition coefficient (Wildman–Crippen LogP) is 6.57. The average molecular weight is 460 g/mol. The second-order valence-corrected chi connectivity index (χ2v) is 7.88. The van der Waals surface area contributed by atoms with Crippen LogP contribution < -0.4 is 5.32 Å². The van der Waals surface area contributed by atoms with Gasteiger partial charge < -0.3 is 10.3 Å². The Balaban J connectivity index is 1.40. The molecule has 4 aromatic carbocycles. The Morgan fingerprint density at radius 3 is 1.94 bits per heavy atom. The molecule has 170 valence electrons. The van der Waals surface area contributed by atoms with Crippen LogP contribution in [0.5, 0.6) is 0 Å². The number of amides is 1. The van der Waals surface area contributed by atoms with Crippen LogP contribution in [0.4, 0.5) is 11.4 Å². The fraction of sp³-hybridized carbons (Fsp3) is 0. The number of aromatic amines is 1. The summed E-state index contributed by atoms with van der Waals surface area (Å²) in [4.78, 5) is 31.2. The highest BCUT2D eigenvalue weighted by Gasteiger charge is 2.15. The summed E-state index contributed by atoms with van der Waals surface area (Å²) in [6.07, 6.45) is 0. The Bertz CT molecular complexity index is 1420. The molecule has 0 aliphatic rings. The zero-order valence-electron chi connectivity index (χ0n) is 18.5. The van der Waals surface area contributed by atoms with Gasteiger partial charge in [0.05, 0.1) is 16.3 Å². The minimum Gasteiger partial charge on any atom is -0.337 e. The number of anilines is 1.